The van der Waals surface area contributed by atoms with E-state index in [0.717, 1.165) is 11.6 Å². The van der Waals surface area contributed by atoms with E-state index < -0.39 is 11.6 Å². The van der Waals surface area contributed by atoms with Crippen molar-refractivity contribution < 1.29 is 13.6 Å². The number of benzene rings is 2. The van der Waals surface area contributed by atoms with Crippen LogP contribution < -0.4 is 5.32 Å². The summed E-state index contributed by atoms with van der Waals surface area (Å²) in [5, 5.41) is 2.66. The molecule has 22 heavy (non-hydrogen) atoms. The van der Waals surface area contributed by atoms with Crippen LogP contribution in [0.1, 0.15) is 42.3 Å². The van der Waals surface area contributed by atoms with Crippen LogP contribution in [-0.4, -0.2) is 5.91 Å². The van der Waals surface area contributed by atoms with E-state index in [2.05, 4.69) is 26.1 Å². The van der Waals surface area contributed by atoms with Crippen molar-refractivity contribution in [3.8, 4) is 0 Å². The molecule has 2 aromatic carbocycles. The Morgan fingerprint density at radius 2 is 1.55 bits per heavy atom. The van der Waals surface area contributed by atoms with Gasteiger partial charge in [0, 0.05) is 18.2 Å². The zero-order valence-corrected chi connectivity index (χ0v) is 12.9. The number of carbonyl (C=O) groups is 1. The fourth-order valence-corrected chi connectivity index (χ4v) is 2.12. The topological polar surface area (TPSA) is 29.1 Å². The maximum absolute atomic E-state index is 13.1. The van der Waals surface area contributed by atoms with Crippen LogP contribution in [0.15, 0.2) is 42.5 Å². The summed E-state index contributed by atoms with van der Waals surface area (Å²) < 4.78 is 26.2. The number of hydrogen-bond acceptors (Lipinski definition) is 1. The lowest BCUT2D eigenvalue weighted by Crippen LogP contribution is -2.23. The van der Waals surface area contributed by atoms with Crippen molar-refractivity contribution in [1.82, 2.24) is 5.32 Å². The van der Waals surface area contributed by atoms with Gasteiger partial charge in [-0.05, 0) is 40.8 Å². The van der Waals surface area contributed by atoms with Crippen molar-refractivity contribution >= 4 is 5.91 Å². The van der Waals surface area contributed by atoms with Crippen molar-refractivity contribution in [1.29, 1.82) is 0 Å². The van der Waals surface area contributed by atoms with Gasteiger partial charge in [0.2, 0.25) is 0 Å². The van der Waals surface area contributed by atoms with Crippen LogP contribution in [0.3, 0.4) is 0 Å². The van der Waals surface area contributed by atoms with Gasteiger partial charge in [0.05, 0.1) is 0 Å². The molecule has 0 heterocycles. The summed E-state index contributed by atoms with van der Waals surface area (Å²) in [6.45, 7) is 6.37. The van der Waals surface area contributed by atoms with Crippen LogP contribution in [0.5, 0.6) is 0 Å². The second-order valence-electron chi connectivity index (χ2n) is 6.29. The third kappa shape index (κ3) is 4.13. The molecule has 0 bridgehead atoms. The quantitative estimate of drug-likeness (QED) is 0.905. The summed E-state index contributed by atoms with van der Waals surface area (Å²) in [6, 6.07) is 10.5. The summed E-state index contributed by atoms with van der Waals surface area (Å²) in [5.74, 6) is -1.58. The first-order valence-electron chi connectivity index (χ1n) is 7.09. The Morgan fingerprint density at radius 1 is 1.00 bits per heavy atom. The lowest BCUT2D eigenvalue weighted by molar-refractivity contribution is 0.0950. The molecule has 0 aliphatic heterocycles. The molecule has 0 radical (unpaired) electrons. The molecule has 2 aromatic rings. The maximum Gasteiger partial charge on any atom is 0.251 e. The molecule has 1 amide bonds. The van der Waals surface area contributed by atoms with Crippen molar-refractivity contribution in [2.24, 2.45) is 0 Å². The zero-order chi connectivity index (χ0) is 16.3. The van der Waals surface area contributed by atoms with Crippen LogP contribution in [0.2, 0.25) is 0 Å². The second kappa shape index (κ2) is 6.26. The fourth-order valence-electron chi connectivity index (χ4n) is 2.12. The van der Waals surface area contributed by atoms with E-state index in [4.69, 9.17) is 0 Å². The van der Waals surface area contributed by atoms with Crippen LogP contribution >= 0.6 is 0 Å². The Bertz CT molecular complexity index is 652. The van der Waals surface area contributed by atoms with Crippen LogP contribution in [-0.2, 0) is 12.0 Å². The molecular weight excluding hydrogens is 284 g/mol. The Balaban J connectivity index is 2.03. The highest BCUT2D eigenvalue weighted by molar-refractivity contribution is 5.94. The molecule has 0 unspecified atom stereocenters. The lowest BCUT2D eigenvalue weighted by Gasteiger charge is -2.19. The highest BCUT2D eigenvalue weighted by Gasteiger charge is 2.14. The first-order chi connectivity index (χ1) is 10.3. The van der Waals surface area contributed by atoms with Gasteiger partial charge in [-0.1, -0.05) is 32.9 Å². The van der Waals surface area contributed by atoms with Gasteiger partial charge in [0.1, 0.15) is 11.6 Å². The average Bonchev–Trinajstić information content (AvgIpc) is 2.43. The molecule has 2 nitrogen and oxygen atoms in total. The van der Waals surface area contributed by atoms with E-state index in [-0.39, 0.29) is 17.9 Å². The van der Waals surface area contributed by atoms with Gasteiger partial charge in [-0.3, -0.25) is 4.79 Å². The standard InChI is InChI=1S/C18H19F2NO/c1-18(2,3)14-6-4-13(5-7-14)17(22)21-11-12-8-15(19)10-16(20)9-12/h4-10H,11H2,1-3H3,(H,21,22). The lowest BCUT2D eigenvalue weighted by atomic mass is 9.87. The van der Waals surface area contributed by atoms with Crippen molar-refractivity contribution in [2.45, 2.75) is 32.7 Å². The molecule has 0 saturated carbocycles. The van der Waals surface area contributed by atoms with Crippen molar-refractivity contribution in [3.63, 3.8) is 0 Å². The normalized spacial score (nSPS) is 11.3. The molecule has 0 atom stereocenters. The Hall–Kier alpha value is -2.23. The number of rotatable bonds is 3. The van der Waals surface area contributed by atoms with E-state index in [1.165, 1.54) is 12.1 Å². The predicted octanol–water partition coefficient (Wildman–Crippen LogP) is 4.19. The number of carbonyl (C=O) groups excluding carboxylic acids is 1. The Kier molecular flexibility index (Phi) is 4.59. The van der Waals surface area contributed by atoms with Gasteiger partial charge in [0.25, 0.3) is 5.91 Å². The first-order valence-corrected chi connectivity index (χ1v) is 7.09. The number of halogens is 2. The summed E-state index contributed by atoms with van der Waals surface area (Å²) >= 11 is 0. The molecule has 0 aromatic heterocycles. The molecule has 0 spiro atoms. The molecule has 116 valence electrons. The fraction of sp³-hybridized carbons (Fsp3) is 0.278. The van der Waals surface area contributed by atoms with E-state index in [0.29, 0.717) is 11.1 Å². The van der Waals surface area contributed by atoms with E-state index >= 15 is 0 Å². The third-order valence-corrected chi connectivity index (χ3v) is 3.39. The van der Waals surface area contributed by atoms with Crippen molar-refractivity contribution in [3.05, 3.63) is 70.8 Å². The monoisotopic (exact) mass is 303 g/mol. The minimum Gasteiger partial charge on any atom is -0.348 e. The zero-order valence-electron chi connectivity index (χ0n) is 12.9. The molecular formula is C18H19F2NO. The summed E-state index contributed by atoms with van der Waals surface area (Å²) in [6.07, 6.45) is 0. The minimum absolute atomic E-state index is 0.0219. The van der Waals surface area contributed by atoms with Crippen LogP contribution in [0.4, 0.5) is 8.78 Å². The molecule has 1 N–H and O–H groups in total. The molecule has 0 aliphatic carbocycles. The smallest absolute Gasteiger partial charge is 0.251 e. The van der Waals surface area contributed by atoms with Gasteiger partial charge < -0.3 is 5.32 Å². The Morgan fingerprint density at radius 3 is 2.05 bits per heavy atom. The Labute approximate surface area is 129 Å². The molecule has 0 saturated heterocycles. The van der Waals surface area contributed by atoms with Crippen LogP contribution in [0, 0.1) is 11.6 Å². The molecule has 2 rings (SSSR count). The molecule has 0 aliphatic rings. The summed E-state index contributed by atoms with van der Waals surface area (Å²) in [4.78, 5) is 12.1. The van der Waals surface area contributed by atoms with Crippen LogP contribution in [0.25, 0.3) is 0 Å². The minimum atomic E-state index is -0.654. The SMILES string of the molecule is CC(C)(C)c1ccc(C(=O)NCc2cc(F)cc(F)c2)cc1. The van der Waals surface area contributed by atoms with Crippen molar-refractivity contribution in [2.75, 3.05) is 0 Å². The van der Waals surface area contributed by atoms with Gasteiger partial charge in [-0.25, -0.2) is 8.78 Å². The largest absolute Gasteiger partial charge is 0.348 e. The maximum atomic E-state index is 13.1. The number of amides is 1. The van der Waals surface area contributed by atoms with Gasteiger partial charge in [0.15, 0.2) is 0 Å². The van der Waals surface area contributed by atoms with Gasteiger partial charge in [-0.2, -0.15) is 0 Å². The molecule has 4 heteroatoms. The van der Waals surface area contributed by atoms with E-state index in [1.807, 2.05) is 12.1 Å². The first kappa shape index (κ1) is 16.1. The third-order valence-electron chi connectivity index (χ3n) is 3.39. The summed E-state index contributed by atoms with van der Waals surface area (Å²) in [5.41, 5.74) is 2.06. The predicted molar refractivity (Wildman–Crippen MR) is 82.7 cm³/mol. The van der Waals surface area contributed by atoms with E-state index in [1.54, 1.807) is 12.1 Å². The van der Waals surface area contributed by atoms with E-state index in [9.17, 15) is 13.6 Å². The van der Waals surface area contributed by atoms with Gasteiger partial charge >= 0.3 is 0 Å². The second-order valence-corrected chi connectivity index (χ2v) is 6.29. The highest BCUT2D eigenvalue weighted by atomic mass is 19.1. The number of nitrogens with one attached hydrogen (secondary N) is 1. The average molecular weight is 303 g/mol. The summed E-state index contributed by atoms with van der Waals surface area (Å²) in [7, 11) is 0. The van der Waals surface area contributed by atoms with Gasteiger partial charge in [-0.15, -0.1) is 0 Å². The molecule has 0 fully saturated rings. The highest BCUT2D eigenvalue weighted by Crippen LogP contribution is 2.22. The number of hydrogen-bond donors (Lipinski definition) is 1.